The minimum absolute atomic E-state index is 0.256. The topological polar surface area (TPSA) is 62.4 Å². The highest BCUT2D eigenvalue weighted by molar-refractivity contribution is 6.30. The number of hydrogen-bond donors (Lipinski definition) is 1. The average molecular weight is 350 g/mol. The van der Waals surface area contributed by atoms with Crippen molar-refractivity contribution in [1.29, 1.82) is 0 Å². The van der Waals surface area contributed by atoms with Crippen molar-refractivity contribution < 1.29 is 9.63 Å². The monoisotopic (exact) mass is 349 g/mol. The second-order valence-electron chi connectivity index (χ2n) is 6.81. The molecule has 1 fully saturated rings. The zero-order chi connectivity index (χ0) is 17.1. The summed E-state index contributed by atoms with van der Waals surface area (Å²) in [7, 11) is 0. The van der Waals surface area contributed by atoms with Crippen molar-refractivity contribution in [2.75, 3.05) is 13.1 Å². The zero-order valence-electron chi connectivity index (χ0n) is 14.2. The molecule has 1 aliphatic rings. The van der Waals surface area contributed by atoms with Gasteiger partial charge in [0.2, 0.25) is 5.89 Å². The lowest BCUT2D eigenvalue weighted by Crippen LogP contribution is -2.35. The van der Waals surface area contributed by atoms with Crippen LogP contribution in [0.15, 0.2) is 28.8 Å². The third-order valence-corrected chi connectivity index (χ3v) is 4.88. The van der Waals surface area contributed by atoms with E-state index in [1.54, 1.807) is 0 Å². The quantitative estimate of drug-likeness (QED) is 0.889. The summed E-state index contributed by atoms with van der Waals surface area (Å²) >= 11 is 5.91. The van der Waals surface area contributed by atoms with Crippen LogP contribution in [0.1, 0.15) is 56.0 Å². The standard InChI is InChI=1S/C18H24ClN3O2/c1-12(2)18-20-16(21-24-18)11-22-9-7-14(8-10-22)17(23)13-3-5-15(19)6-4-13/h3-6,12,14,17,23H,7-11H2,1-2H3. The highest BCUT2D eigenvalue weighted by Gasteiger charge is 2.27. The SMILES string of the molecule is CC(C)c1nc(CN2CCC(C(O)c3ccc(Cl)cc3)CC2)no1. The molecule has 0 bridgehead atoms. The predicted molar refractivity (Wildman–Crippen MR) is 92.8 cm³/mol. The van der Waals surface area contributed by atoms with E-state index in [-0.39, 0.29) is 11.8 Å². The Morgan fingerprint density at radius 1 is 1.25 bits per heavy atom. The van der Waals surface area contributed by atoms with Crippen LogP contribution in [-0.4, -0.2) is 33.2 Å². The molecular weight excluding hydrogens is 326 g/mol. The fraction of sp³-hybridized carbons (Fsp3) is 0.556. The molecule has 1 N–H and O–H groups in total. The number of hydrogen-bond acceptors (Lipinski definition) is 5. The number of rotatable bonds is 5. The van der Waals surface area contributed by atoms with Crippen molar-refractivity contribution in [1.82, 2.24) is 15.0 Å². The molecule has 130 valence electrons. The van der Waals surface area contributed by atoms with Gasteiger partial charge in [-0.25, -0.2) is 0 Å². The van der Waals surface area contributed by atoms with Gasteiger partial charge in [-0.1, -0.05) is 42.7 Å². The van der Waals surface area contributed by atoms with Crippen LogP contribution in [0.2, 0.25) is 5.02 Å². The van der Waals surface area contributed by atoms with E-state index in [4.69, 9.17) is 16.1 Å². The molecule has 1 atom stereocenters. The van der Waals surface area contributed by atoms with Gasteiger partial charge in [-0.05, 0) is 49.5 Å². The Morgan fingerprint density at radius 3 is 2.50 bits per heavy atom. The summed E-state index contributed by atoms with van der Waals surface area (Å²) in [5.74, 6) is 1.97. The van der Waals surface area contributed by atoms with Crippen LogP contribution < -0.4 is 0 Å². The molecule has 0 saturated carbocycles. The highest BCUT2D eigenvalue weighted by atomic mass is 35.5. The number of aromatic nitrogens is 2. The fourth-order valence-electron chi connectivity index (χ4n) is 3.13. The molecule has 24 heavy (non-hydrogen) atoms. The second-order valence-corrected chi connectivity index (χ2v) is 7.25. The maximum Gasteiger partial charge on any atom is 0.229 e. The molecule has 1 aromatic heterocycles. The van der Waals surface area contributed by atoms with Crippen LogP contribution in [0.3, 0.4) is 0 Å². The Kier molecular flexibility index (Phi) is 5.54. The Hall–Kier alpha value is -1.43. The lowest BCUT2D eigenvalue weighted by atomic mass is 9.87. The normalized spacial score (nSPS) is 18.2. The van der Waals surface area contributed by atoms with Crippen molar-refractivity contribution in [3.05, 3.63) is 46.6 Å². The maximum atomic E-state index is 10.6. The minimum Gasteiger partial charge on any atom is -0.388 e. The summed E-state index contributed by atoms with van der Waals surface area (Å²) in [5, 5.41) is 15.3. The molecule has 1 unspecified atom stereocenters. The lowest BCUT2D eigenvalue weighted by molar-refractivity contribution is 0.0558. The van der Waals surface area contributed by atoms with Crippen molar-refractivity contribution in [2.45, 2.75) is 45.3 Å². The second kappa shape index (κ2) is 7.64. The van der Waals surface area contributed by atoms with Crippen LogP contribution in [0.4, 0.5) is 0 Å². The number of aliphatic hydroxyl groups is 1. The molecule has 6 heteroatoms. The zero-order valence-corrected chi connectivity index (χ0v) is 14.9. The Morgan fingerprint density at radius 2 is 1.92 bits per heavy atom. The molecule has 2 aromatic rings. The summed E-state index contributed by atoms with van der Waals surface area (Å²) in [4.78, 5) is 6.75. The van der Waals surface area contributed by atoms with Crippen molar-refractivity contribution in [3.63, 3.8) is 0 Å². The van der Waals surface area contributed by atoms with Gasteiger partial charge < -0.3 is 9.63 Å². The average Bonchev–Trinajstić information content (AvgIpc) is 3.04. The summed E-state index contributed by atoms with van der Waals surface area (Å²) in [5.41, 5.74) is 0.942. The number of likely N-dealkylation sites (tertiary alicyclic amines) is 1. The van der Waals surface area contributed by atoms with E-state index in [0.29, 0.717) is 17.5 Å². The van der Waals surface area contributed by atoms with Crippen molar-refractivity contribution >= 4 is 11.6 Å². The predicted octanol–water partition coefficient (Wildman–Crippen LogP) is 3.79. The largest absolute Gasteiger partial charge is 0.388 e. The minimum atomic E-state index is -0.429. The Labute approximate surface area is 147 Å². The van der Waals surface area contributed by atoms with Gasteiger partial charge in [-0.2, -0.15) is 4.98 Å². The molecule has 0 spiro atoms. The highest BCUT2D eigenvalue weighted by Crippen LogP contribution is 2.31. The molecule has 0 amide bonds. The smallest absolute Gasteiger partial charge is 0.229 e. The number of nitrogens with zero attached hydrogens (tertiary/aromatic N) is 3. The first-order valence-corrected chi connectivity index (χ1v) is 8.89. The number of aliphatic hydroxyl groups excluding tert-OH is 1. The Balaban J connectivity index is 1.52. The van der Waals surface area contributed by atoms with E-state index >= 15 is 0 Å². The third-order valence-electron chi connectivity index (χ3n) is 4.63. The van der Waals surface area contributed by atoms with E-state index in [9.17, 15) is 5.11 Å². The van der Waals surface area contributed by atoms with Crippen LogP contribution in [0, 0.1) is 5.92 Å². The Bertz CT molecular complexity index is 649. The van der Waals surface area contributed by atoms with Gasteiger partial charge in [0, 0.05) is 10.9 Å². The van der Waals surface area contributed by atoms with E-state index in [1.165, 1.54) is 0 Å². The molecule has 0 radical (unpaired) electrons. The van der Waals surface area contributed by atoms with Gasteiger partial charge >= 0.3 is 0 Å². The summed E-state index contributed by atoms with van der Waals surface area (Å²) in [6.45, 7) is 6.66. The number of halogens is 1. The first-order chi connectivity index (χ1) is 11.5. The van der Waals surface area contributed by atoms with Crippen molar-refractivity contribution in [2.24, 2.45) is 5.92 Å². The van der Waals surface area contributed by atoms with Gasteiger partial charge in [-0.15, -0.1) is 0 Å². The van der Waals surface area contributed by atoms with Gasteiger partial charge in [0.15, 0.2) is 5.82 Å². The molecule has 5 nitrogen and oxygen atoms in total. The molecule has 0 aliphatic carbocycles. The van der Waals surface area contributed by atoms with E-state index in [0.717, 1.165) is 37.3 Å². The first-order valence-electron chi connectivity index (χ1n) is 8.51. The van der Waals surface area contributed by atoms with Crippen LogP contribution >= 0.6 is 11.6 Å². The maximum absolute atomic E-state index is 10.6. The van der Waals surface area contributed by atoms with Gasteiger partial charge in [0.1, 0.15) is 0 Å². The lowest BCUT2D eigenvalue weighted by Gasteiger charge is -2.33. The third kappa shape index (κ3) is 4.15. The van der Waals surface area contributed by atoms with E-state index in [2.05, 4.69) is 15.0 Å². The van der Waals surface area contributed by atoms with E-state index in [1.807, 2.05) is 38.1 Å². The summed E-state index contributed by atoms with van der Waals surface area (Å²) in [6.07, 6.45) is 1.49. The van der Waals surface area contributed by atoms with Crippen LogP contribution in [-0.2, 0) is 6.54 Å². The summed E-state index contributed by atoms with van der Waals surface area (Å²) < 4.78 is 5.26. The summed E-state index contributed by atoms with van der Waals surface area (Å²) in [6, 6.07) is 7.48. The molecule has 1 saturated heterocycles. The van der Waals surface area contributed by atoms with Crippen LogP contribution in [0.25, 0.3) is 0 Å². The molecule has 1 aliphatic heterocycles. The van der Waals surface area contributed by atoms with Gasteiger partial charge in [-0.3, -0.25) is 4.90 Å². The van der Waals surface area contributed by atoms with Gasteiger partial charge in [0.25, 0.3) is 0 Å². The molecule has 2 heterocycles. The molecule has 3 rings (SSSR count). The van der Waals surface area contributed by atoms with Gasteiger partial charge in [0.05, 0.1) is 12.6 Å². The molecular formula is C18H24ClN3O2. The number of piperidine rings is 1. The fourth-order valence-corrected chi connectivity index (χ4v) is 3.25. The first kappa shape index (κ1) is 17.4. The van der Waals surface area contributed by atoms with Crippen molar-refractivity contribution in [3.8, 4) is 0 Å². The van der Waals surface area contributed by atoms with E-state index < -0.39 is 6.10 Å². The van der Waals surface area contributed by atoms with Crippen LogP contribution in [0.5, 0.6) is 0 Å². The molecule has 1 aromatic carbocycles. The number of benzene rings is 1.